The lowest BCUT2D eigenvalue weighted by Crippen LogP contribution is -2.05. The molecule has 0 fully saturated rings. The van der Waals surface area contributed by atoms with Crippen molar-refractivity contribution in [3.8, 4) is 0 Å². The minimum Gasteiger partial charge on any atom is -0.396 e. The van der Waals surface area contributed by atoms with Gasteiger partial charge in [0.15, 0.2) is 0 Å². The number of hydrogen-bond donors (Lipinski definition) is 1. The van der Waals surface area contributed by atoms with Crippen LogP contribution < -0.4 is 0 Å². The first-order chi connectivity index (χ1) is 4.91. The molecule has 0 spiro atoms. The van der Waals surface area contributed by atoms with E-state index in [1.807, 2.05) is 6.92 Å². The summed E-state index contributed by atoms with van der Waals surface area (Å²) in [6.45, 7) is 4.81. The van der Waals surface area contributed by atoms with Crippen molar-refractivity contribution < 1.29 is 14.6 Å². The van der Waals surface area contributed by atoms with Crippen LogP contribution in [0.2, 0.25) is 0 Å². The second-order valence-corrected chi connectivity index (χ2v) is 1.89. The highest BCUT2D eigenvalue weighted by Crippen LogP contribution is 1.81. The third-order valence-corrected chi connectivity index (χ3v) is 1.02. The van der Waals surface area contributed by atoms with Gasteiger partial charge in [-0.2, -0.15) is 0 Å². The molecule has 0 atom stereocenters. The van der Waals surface area contributed by atoms with Gasteiger partial charge in [0.2, 0.25) is 0 Å². The first-order valence-electron chi connectivity index (χ1n) is 3.68. The molecule has 0 heterocycles. The third kappa shape index (κ3) is 48.6. The van der Waals surface area contributed by atoms with Crippen molar-refractivity contribution in [2.45, 2.75) is 57.9 Å². The number of aliphatic hydroxyl groups is 1. The van der Waals surface area contributed by atoms with Gasteiger partial charge in [-0.05, 0) is 13.3 Å². The van der Waals surface area contributed by atoms with Gasteiger partial charge in [-0.25, -0.2) is 0 Å². The highest BCUT2D eigenvalue weighted by Gasteiger charge is 1.86. The number of aliphatic hydroxyl groups excluding tert-OH is 1. The second kappa shape index (κ2) is 46.2. The van der Waals surface area contributed by atoms with Crippen molar-refractivity contribution in [2.24, 2.45) is 0 Å². The van der Waals surface area contributed by atoms with Gasteiger partial charge in [0, 0.05) is 19.8 Å². The fourth-order valence-corrected chi connectivity index (χ4v) is 0.531. The lowest BCUT2D eigenvalue weighted by molar-refractivity contribution is 0.0472. The fourth-order valence-electron chi connectivity index (χ4n) is 0.531. The summed E-state index contributed by atoms with van der Waals surface area (Å²) in [5.74, 6) is 0. The van der Waals surface area contributed by atoms with E-state index in [9.17, 15) is 0 Å². The van der Waals surface area contributed by atoms with E-state index in [1.165, 1.54) is 0 Å². The molecule has 0 aromatic rings. The van der Waals surface area contributed by atoms with E-state index in [4.69, 9.17) is 14.6 Å². The summed E-state index contributed by atoms with van der Waals surface area (Å²) in [4.78, 5) is 0. The highest BCUT2D eigenvalue weighted by atomic mass is 16.5. The molecule has 0 bridgehead atoms. The Hall–Kier alpha value is -0.120. The average Bonchev–Trinajstić information content (AvgIpc) is 1.97. The maximum absolute atomic E-state index is 8.36. The van der Waals surface area contributed by atoms with Gasteiger partial charge < -0.3 is 14.6 Å². The van der Waals surface area contributed by atoms with Crippen molar-refractivity contribution in [1.29, 1.82) is 0 Å². The summed E-state index contributed by atoms with van der Waals surface area (Å²) < 4.78 is 10.1. The molecule has 0 aromatic heterocycles. The summed E-state index contributed by atoms with van der Waals surface area (Å²) >= 11 is 0. The Morgan fingerprint density at radius 3 is 1.56 bits per heavy atom. The lowest BCUT2D eigenvalue weighted by Gasteiger charge is -2.01. The average molecular weight is 244 g/mol. The Kier molecular flexibility index (Phi) is 129. The van der Waals surface area contributed by atoms with Gasteiger partial charge in [0.25, 0.3) is 0 Å². The zero-order valence-corrected chi connectivity index (χ0v) is 6.51. The Balaban J connectivity index is -0.0000000270. The molecule has 1 N–H and O–H groups in total. The largest absolute Gasteiger partial charge is 0.396 e. The molecule has 0 saturated heterocycles. The molecule has 0 rings (SSSR count). The molecule has 0 amide bonds. The van der Waals surface area contributed by atoms with E-state index >= 15 is 0 Å². The van der Waals surface area contributed by atoms with Crippen LogP contribution in [-0.2, 0) is 9.47 Å². The van der Waals surface area contributed by atoms with E-state index in [1.54, 1.807) is 0 Å². The van der Waals surface area contributed by atoms with Gasteiger partial charge in [0.1, 0.15) is 0 Å². The first-order valence-corrected chi connectivity index (χ1v) is 3.68. The predicted octanol–water partition coefficient (Wildman–Crippen LogP) is 4.24. The van der Waals surface area contributed by atoms with Crippen molar-refractivity contribution >= 4 is 0 Å². The summed E-state index contributed by atoms with van der Waals surface area (Å²) in [5, 5.41) is 8.36. The minimum absolute atomic E-state index is 0. The van der Waals surface area contributed by atoms with Crippen LogP contribution in [0.15, 0.2) is 0 Å². The zero-order valence-electron chi connectivity index (χ0n) is 6.51. The maximum Gasteiger partial charge on any atom is 0.0700 e. The molecule has 0 aromatic carbocycles. The third-order valence-electron chi connectivity index (χ3n) is 1.02. The van der Waals surface area contributed by atoms with Crippen LogP contribution in [0.1, 0.15) is 57.9 Å². The van der Waals surface area contributed by atoms with E-state index in [2.05, 4.69) is 0 Å². The molecule has 0 aliphatic heterocycles. The van der Waals surface area contributed by atoms with Gasteiger partial charge >= 0.3 is 0 Å². The summed E-state index contributed by atoms with van der Waals surface area (Å²) in [6.07, 6.45) is 0.714. The molecule has 0 saturated carbocycles. The lowest BCUT2D eigenvalue weighted by atomic mass is 10.5. The van der Waals surface area contributed by atoms with Crippen LogP contribution in [0.25, 0.3) is 0 Å². The van der Waals surface area contributed by atoms with Crippen LogP contribution >= 0.6 is 0 Å². The van der Waals surface area contributed by atoms with E-state index in [0.717, 1.165) is 6.61 Å². The van der Waals surface area contributed by atoms with Crippen LogP contribution in [-0.4, -0.2) is 38.1 Å². The van der Waals surface area contributed by atoms with Crippen molar-refractivity contribution in [3.05, 3.63) is 0 Å². The monoisotopic (exact) mass is 244 g/mol. The van der Waals surface area contributed by atoms with E-state index in [-0.39, 0.29) is 51.2 Å². The number of hydrogen-bond acceptors (Lipinski definition) is 3. The Morgan fingerprint density at radius 1 is 0.750 bits per heavy atom. The molecule has 0 radical (unpaired) electrons. The minimum atomic E-state index is 0. The maximum atomic E-state index is 8.36. The normalized spacial score (nSPS) is 6.38. The Bertz CT molecular complexity index is 51.1. The Labute approximate surface area is 106 Å². The van der Waals surface area contributed by atoms with Gasteiger partial charge in [-0.3, -0.25) is 0 Å². The smallest absolute Gasteiger partial charge is 0.0700 e. The second-order valence-electron chi connectivity index (χ2n) is 1.89. The van der Waals surface area contributed by atoms with E-state index in [0.29, 0.717) is 26.2 Å². The van der Waals surface area contributed by atoms with Crippen molar-refractivity contribution in [1.82, 2.24) is 0 Å². The highest BCUT2D eigenvalue weighted by molar-refractivity contribution is 4.32. The van der Waals surface area contributed by atoms with Gasteiger partial charge in [0.05, 0.1) is 13.2 Å². The molecular formula is C13H40O3. The molecular weight excluding hydrogens is 204 g/mol. The predicted molar refractivity (Wildman–Crippen MR) is 79.4 cm³/mol. The van der Waals surface area contributed by atoms with Crippen molar-refractivity contribution in [2.75, 3.05) is 33.0 Å². The Morgan fingerprint density at radius 2 is 1.19 bits per heavy atom. The van der Waals surface area contributed by atoms with Crippen LogP contribution in [0, 0.1) is 0 Å². The fraction of sp³-hybridized carbons (Fsp3) is 1.00. The van der Waals surface area contributed by atoms with Crippen LogP contribution in [0.4, 0.5) is 0 Å². The van der Waals surface area contributed by atoms with Gasteiger partial charge in [-0.1, -0.05) is 44.6 Å². The zero-order chi connectivity index (χ0) is 7.66. The van der Waals surface area contributed by atoms with Gasteiger partial charge in [-0.15, -0.1) is 0 Å². The quantitative estimate of drug-likeness (QED) is 0.681. The molecule has 3 heteroatoms. The number of rotatable bonds is 7. The van der Waals surface area contributed by atoms with Crippen molar-refractivity contribution in [3.63, 3.8) is 0 Å². The molecule has 110 valence electrons. The molecule has 0 unspecified atom stereocenters. The standard InChI is InChI=1S/C7H16O3.6CH4/c1-2-9-6-7-10-5-3-4-8;;;;;;/h8H,2-7H2,1H3;6*1H4. The molecule has 16 heavy (non-hydrogen) atoms. The first kappa shape index (κ1) is 44.6. The molecule has 3 nitrogen and oxygen atoms in total. The summed E-state index contributed by atoms with van der Waals surface area (Å²) in [7, 11) is 0. The van der Waals surface area contributed by atoms with E-state index < -0.39 is 0 Å². The van der Waals surface area contributed by atoms with Crippen LogP contribution in [0.5, 0.6) is 0 Å². The molecule has 0 aliphatic carbocycles. The van der Waals surface area contributed by atoms with Crippen LogP contribution in [0.3, 0.4) is 0 Å². The SMILES string of the molecule is C.C.C.C.C.C.CCOCCOCCCO. The summed E-state index contributed by atoms with van der Waals surface area (Å²) in [6, 6.07) is 0. The molecule has 0 aliphatic rings. The topological polar surface area (TPSA) is 38.7 Å². The summed E-state index contributed by atoms with van der Waals surface area (Å²) in [5.41, 5.74) is 0. The number of ether oxygens (including phenoxy) is 2.